The summed E-state index contributed by atoms with van der Waals surface area (Å²) in [6.45, 7) is 4.17. The molecule has 3 aromatic rings. The van der Waals surface area contributed by atoms with Crippen LogP contribution >= 0.6 is 0 Å². The van der Waals surface area contributed by atoms with Crippen LogP contribution in [0.25, 0.3) is 0 Å². The van der Waals surface area contributed by atoms with E-state index in [1.807, 2.05) is 38.1 Å². The first-order valence-corrected chi connectivity index (χ1v) is 11.4. The van der Waals surface area contributed by atoms with E-state index in [0.717, 1.165) is 11.3 Å². The first kappa shape index (κ1) is 22.4. The van der Waals surface area contributed by atoms with Gasteiger partial charge in [-0.05, 0) is 61.9 Å². The van der Waals surface area contributed by atoms with Gasteiger partial charge in [-0.25, -0.2) is 8.42 Å². The van der Waals surface area contributed by atoms with Gasteiger partial charge in [0.15, 0.2) is 0 Å². The zero-order valence-electron chi connectivity index (χ0n) is 17.8. The van der Waals surface area contributed by atoms with Crippen LogP contribution in [0, 0.1) is 6.92 Å². The molecule has 7 heteroatoms. The van der Waals surface area contributed by atoms with Gasteiger partial charge in [0.2, 0.25) is 0 Å². The maximum absolute atomic E-state index is 12.7. The van der Waals surface area contributed by atoms with Crippen LogP contribution in [0.3, 0.4) is 0 Å². The Morgan fingerprint density at radius 1 is 0.968 bits per heavy atom. The first-order chi connectivity index (χ1) is 14.8. The molecule has 0 aliphatic carbocycles. The third-order valence-electron chi connectivity index (χ3n) is 4.85. The van der Waals surface area contributed by atoms with Gasteiger partial charge in [-0.15, -0.1) is 0 Å². The van der Waals surface area contributed by atoms with E-state index in [0.29, 0.717) is 17.9 Å². The van der Waals surface area contributed by atoms with Crippen molar-refractivity contribution in [1.82, 2.24) is 5.32 Å². The topological polar surface area (TPSA) is 75.7 Å². The number of hydrogen-bond donors (Lipinski definition) is 1. The number of benzene rings is 3. The molecule has 0 aliphatic rings. The standard InChI is InChI=1S/C24H26N2O4S/c1-18-9-7-8-12-23(18)30-17-19(2)25-24(27)20-13-15-21(16-14-20)26(3)31(28,29)22-10-5-4-6-11-22/h4-16,19H,17H2,1-3H3,(H,25,27)/t19-/m0/s1. The number of aryl methyl sites for hydroxylation is 1. The second-order valence-corrected chi connectivity index (χ2v) is 9.25. The average Bonchev–Trinajstić information content (AvgIpc) is 2.78. The van der Waals surface area contributed by atoms with Crippen molar-refractivity contribution in [2.45, 2.75) is 24.8 Å². The van der Waals surface area contributed by atoms with Gasteiger partial charge in [0.05, 0.1) is 16.6 Å². The van der Waals surface area contributed by atoms with Crippen LogP contribution in [0.2, 0.25) is 0 Å². The second-order valence-electron chi connectivity index (χ2n) is 7.28. The lowest BCUT2D eigenvalue weighted by molar-refractivity contribution is 0.0926. The highest BCUT2D eigenvalue weighted by atomic mass is 32.2. The van der Waals surface area contributed by atoms with E-state index >= 15 is 0 Å². The first-order valence-electron chi connectivity index (χ1n) is 9.92. The number of rotatable bonds is 8. The van der Waals surface area contributed by atoms with E-state index in [1.54, 1.807) is 54.6 Å². The van der Waals surface area contributed by atoms with Crippen molar-refractivity contribution in [1.29, 1.82) is 0 Å². The van der Waals surface area contributed by atoms with Crippen molar-refractivity contribution < 1.29 is 17.9 Å². The number of para-hydroxylation sites is 1. The van der Waals surface area contributed by atoms with Crippen molar-refractivity contribution in [2.24, 2.45) is 0 Å². The Balaban J connectivity index is 1.61. The molecule has 6 nitrogen and oxygen atoms in total. The number of carbonyl (C=O) groups is 1. The summed E-state index contributed by atoms with van der Waals surface area (Å²) in [5.74, 6) is 0.539. The molecule has 0 unspecified atom stereocenters. The van der Waals surface area contributed by atoms with Crippen LogP contribution < -0.4 is 14.4 Å². The molecule has 1 atom stereocenters. The Morgan fingerprint density at radius 2 is 1.58 bits per heavy atom. The van der Waals surface area contributed by atoms with E-state index in [9.17, 15) is 13.2 Å². The van der Waals surface area contributed by atoms with Crippen molar-refractivity contribution >= 4 is 21.6 Å². The average molecular weight is 439 g/mol. The van der Waals surface area contributed by atoms with Crippen LogP contribution in [0.15, 0.2) is 83.8 Å². The quantitative estimate of drug-likeness (QED) is 0.576. The molecule has 0 fully saturated rings. The predicted molar refractivity (Wildman–Crippen MR) is 122 cm³/mol. The summed E-state index contributed by atoms with van der Waals surface area (Å²) >= 11 is 0. The van der Waals surface area contributed by atoms with Crippen molar-refractivity contribution in [3.63, 3.8) is 0 Å². The predicted octanol–water partition coefficient (Wildman–Crippen LogP) is 4.02. The van der Waals surface area contributed by atoms with Gasteiger partial charge in [-0.1, -0.05) is 36.4 Å². The highest BCUT2D eigenvalue weighted by molar-refractivity contribution is 7.92. The Labute approximate surface area is 183 Å². The molecule has 31 heavy (non-hydrogen) atoms. The number of ether oxygens (including phenoxy) is 1. The van der Waals surface area contributed by atoms with Crippen LogP contribution in [0.5, 0.6) is 5.75 Å². The molecular formula is C24H26N2O4S. The summed E-state index contributed by atoms with van der Waals surface area (Å²) in [6, 6.07) is 22.2. The Hall–Kier alpha value is -3.32. The zero-order valence-corrected chi connectivity index (χ0v) is 18.6. The lowest BCUT2D eigenvalue weighted by atomic mass is 10.2. The highest BCUT2D eigenvalue weighted by Crippen LogP contribution is 2.22. The fourth-order valence-corrected chi connectivity index (χ4v) is 4.21. The number of hydrogen-bond acceptors (Lipinski definition) is 4. The Kier molecular flexibility index (Phi) is 6.97. The van der Waals surface area contributed by atoms with Crippen LogP contribution in [-0.4, -0.2) is 34.0 Å². The number of amides is 1. The molecule has 0 saturated carbocycles. The molecular weight excluding hydrogens is 412 g/mol. The SMILES string of the molecule is Cc1ccccc1OC[C@H](C)NC(=O)c1ccc(N(C)S(=O)(=O)c2ccccc2)cc1. The zero-order chi connectivity index (χ0) is 22.4. The smallest absolute Gasteiger partial charge is 0.264 e. The molecule has 1 N–H and O–H groups in total. The van der Waals surface area contributed by atoms with Gasteiger partial charge in [-0.2, -0.15) is 0 Å². The second kappa shape index (κ2) is 9.66. The van der Waals surface area contributed by atoms with Crippen molar-refractivity contribution in [3.05, 3.63) is 90.0 Å². The van der Waals surface area contributed by atoms with E-state index in [-0.39, 0.29) is 16.8 Å². The fourth-order valence-electron chi connectivity index (χ4n) is 2.99. The third kappa shape index (κ3) is 5.44. The van der Waals surface area contributed by atoms with Crippen LogP contribution in [0.1, 0.15) is 22.8 Å². The van der Waals surface area contributed by atoms with Crippen molar-refractivity contribution in [2.75, 3.05) is 18.0 Å². The summed E-state index contributed by atoms with van der Waals surface area (Å²) in [4.78, 5) is 12.7. The van der Waals surface area contributed by atoms with Crippen molar-refractivity contribution in [3.8, 4) is 5.75 Å². The number of nitrogens with zero attached hydrogens (tertiary/aromatic N) is 1. The van der Waals surface area contributed by atoms with Gasteiger partial charge >= 0.3 is 0 Å². The Bertz CT molecular complexity index is 1130. The summed E-state index contributed by atoms with van der Waals surface area (Å²) in [7, 11) is -2.18. The normalized spacial score (nSPS) is 12.1. The molecule has 0 radical (unpaired) electrons. The molecule has 0 saturated heterocycles. The minimum absolute atomic E-state index is 0.201. The van der Waals surface area contributed by atoms with Gasteiger partial charge in [-0.3, -0.25) is 9.10 Å². The lowest BCUT2D eigenvalue weighted by Crippen LogP contribution is -2.36. The maximum atomic E-state index is 12.7. The third-order valence-corrected chi connectivity index (χ3v) is 6.65. The molecule has 0 aromatic heterocycles. The number of nitrogens with one attached hydrogen (secondary N) is 1. The summed E-state index contributed by atoms with van der Waals surface area (Å²) < 4.78 is 32.5. The number of carbonyl (C=O) groups excluding carboxylic acids is 1. The molecule has 0 aliphatic heterocycles. The van der Waals surface area contributed by atoms with E-state index in [1.165, 1.54) is 11.4 Å². The van der Waals surface area contributed by atoms with E-state index in [2.05, 4.69) is 5.32 Å². The van der Waals surface area contributed by atoms with E-state index < -0.39 is 10.0 Å². The Morgan fingerprint density at radius 3 is 2.23 bits per heavy atom. The molecule has 0 spiro atoms. The molecule has 0 bridgehead atoms. The maximum Gasteiger partial charge on any atom is 0.264 e. The largest absolute Gasteiger partial charge is 0.491 e. The van der Waals surface area contributed by atoms with Crippen LogP contribution in [0.4, 0.5) is 5.69 Å². The van der Waals surface area contributed by atoms with Crippen LogP contribution in [-0.2, 0) is 10.0 Å². The minimum atomic E-state index is -3.67. The number of sulfonamides is 1. The summed E-state index contributed by atoms with van der Waals surface area (Å²) in [5.41, 5.74) is 1.94. The lowest BCUT2D eigenvalue weighted by Gasteiger charge is -2.20. The van der Waals surface area contributed by atoms with Gasteiger partial charge < -0.3 is 10.1 Å². The summed E-state index contributed by atoms with van der Waals surface area (Å²) in [5, 5.41) is 2.89. The monoisotopic (exact) mass is 438 g/mol. The van der Waals surface area contributed by atoms with Gasteiger partial charge in [0.25, 0.3) is 15.9 Å². The highest BCUT2D eigenvalue weighted by Gasteiger charge is 2.21. The van der Waals surface area contributed by atoms with E-state index in [4.69, 9.17) is 4.74 Å². The summed E-state index contributed by atoms with van der Waals surface area (Å²) in [6.07, 6.45) is 0. The molecule has 3 rings (SSSR count). The molecule has 3 aromatic carbocycles. The number of anilines is 1. The molecule has 162 valence electrons. The van der Waals surface area contributed by atoms with Gasteiger partial charge in [0, 0.05) is 12.6 Å². The fraction of sp³-hybridized carbons (Fsp3) is 0.208. The van der Waals surface area contributed by atoms with Gasteiger partial charge in [0.1, 0.15) is 12.4 Å². The minimum Gasteiger partial charge on any atom is -0.491 e. The molecule has 1 amide bonds. The molecule has 0 heterocycles.